The number of halogens is 1. The lowest BCUT2D eigenvalue weighted by molar-refractivity contribution is -0.132. The first-order chi connectivity index (χ1) is 13.3. The van der Waals surface area contributed by atoms with E-state index in [1.54, 1.807) is 42.5 Å². The summed E-state index contributed by atoms with van der Waals surface area (Å²) in [4.78, 5) is 38.8. The minimum absolute atomic E-state index is 0.00427. The van der Waals surface area contributed by atoms with Crippen LogP contribution in [0.5, 0.6) is 5.75 Å². The SMILES string of the molecule is CC[C@@]1(c2ccc(Cl)cc2)NC(=O)N(Cc2cc(C(C)=O)ccc2OC)C1=O. The van der Waals surface area contributed by atoms with Crippen LogP contribution < -0.4 is 10.1 Å². The molecule has 0 bridgehead atoms. The van der Waals surface area contributed by atoms with Crippen LogP contribution in [0.4, 0.5) is 4.79 Å². The number of ketones is 1. The van der Waals surface area contributed by atoms with Crippen molar-refractivity contribution in [1.29, 1.82) is 0 Å². The lowest BCUT2D eigenvalue weighted by Crippen LogP contribution is -2.43. The van der Waals surface area contributed by atoms with E-state index in [1.165, 1.54) is 14.0 Å². The third kappa shape index (κ3) is 3.36. The molecule has 1 aliphatic heterocycles. The van der Waals surface area contributed by atoms with Crippen LogP contribution in [0.15, 0.2) is 42.5 Å². The Kier molecular flexibility index (Phi) is 5.42. The molecule has 1 fully saturated rings. The van der Waals surface area contributed by atoms with Gasteiger partial charge in [-0.25, -0.2) is 4.79 Å². The van der Waals surface area contributed by atoms with Crippen LogP contribution in [0.25, 0.3) is 0 Å². The molecule has 1 N–H and O–H groups in total. The normalized spacial score (nSPS) is 18.9. The van der Waals surface area contributed by atoms with E-state index >= 15 is 0 Å². The molecule has 1 aliphatic rings. The number of hydrogen-bond donors (Lipinski definition) is 1. The van der Waals surface area contributed by atoms with Crippen molar-refractivity contribution in [2.45, 2.75) is 32.4 Å². The fourth-order valence-corrected chi connectivity index (χ4v) is 3.56. The number of methoxy groups -OCH3 is 1. The molecule has 0 spiro atoms. The second-order valence-electron chi connectivity index (χ2n) is 6.67. The molecule has 146 valence electrons. The van der Waals surface area contributed by atoms with Gasteiger partial charge in [0.2, 0.25) is 0 Å². The molecular weight excluding hydrogens is 380 g/mol. The number of carbonyl (C=O) groups excluding carboxylic acids is 3. The van der Waals surface area contributed by atoms with Gasteiger partial charge >= 0.3 is 6.03 Å². The van der Waals surface area contributed by atoms with E-state index in [2.05, 4.69) is 5.32 Å². The van der Waals surface area contributed by atoms with Crippen LogP contribution in [-0.4, -0.2) is 29.7 Å². The van der Waals surface area contributed by atoms with Crippen LogP contribution in [0.3, 0.4) is 0 Å². The molecule has 7 heteroatoms. The summed E-state index contributed by atoms with van der Waals surface area (Å²) in [6.45, 7) is 3.31. The molecule has 2 aromatic rings. The maximum atomic E-state index is 13.3. The number of carbonyl (C=O) groups is 3. The topological polar surface area (TPSA) is 75.7 Å². The summed E-state index contributed by atoms with van der Waals surface area (Å²) in [5, 5.41) is 3.38. The fourth-order valence-electron chi connectivity index (χ4n) is 3.43. The Hall–Kier alpha value is -2.86. The van der Waals surface area contributed by atoms with Crippen molar-refractivity contribution >= 4 is 29.3 Å². The number of nitrogens with one attached hydrogen (secondary N) is 1. The first-order valence-corrected chi connectivity index (χ1v) is 9.28. The predicted molar refractivity (Wildman–Crippen MR) is 106 cm³/mol. The highest BCUT2D eigenvalue weighted by Crippen LogP contribution is 2.34. The van der Waals surface area contributed by atoms with Crippen molar-refractivity contribution in [2.75, 3.05) is 7.11 Å². The van der Waals surface area contributed by atoms with Crippen molar-refractivity contribution in [2.24, 2.45) is 0 Å². The number of benzene rings is 2. The first kappa shape index (κ1) is 19.9. The van der Waals surface area contributed by atoms with Gasteiger partial charge in [0.25, 0.3) is 5.91 Å². The molecular formula is C21H21ClN2O4. The maximum Gasteiger partial charge on any atom is 0.325 e. The van der Waals surface area contributed by atoms with E-state index in [-0.39, 0.29) is 18.2 Å². The van der Waals surface area contributed by atoms with Gasteiger partial charge in [0, 0.05) is 16.1 Å². The van der Waals surface area contributed by atoms with Crippen molar-refractivity contribution < 1.29 is 19.1 Å². The number of amides is 3. The molecule has 1 heterocycles. The first-order valence-electron chi connectivity index (χ1n) is 8.90. The van der Waals surface area contributed by atoms with Gasteiger partial charge in [-0.3, -0.25) is 14.5 Å². The number of rotatable bonds is 6. The number of hydrogen-bond acceptors (Lipinski definition) is 4. The summed E-state index contributed by atoms with van der Waals surface area (Å²) in [5.74, 6) is 0.0499. The highest BCUT2D eigenvalue weighted by Gasteiger charge is 2.51. The lowest BCUT2D eigenvalue weighted by Gasteiger charge is -2.26. The van der Waals surface area contributed by atoms with E-state index in [0.717, 1.165) is 4.90 Å². The second-order valence-corrected chi connectivity index (χ2v) is 7.11. The van der Waals surface area contributed by atoms with Gasteiger partial charge in [-0.2, -0.15) is 0 Å². The zero-order valence-electron chi connectivity index (χ0n) is 15.9. The summed E-state index contributed by atoms with van der Waals surface area (Å²) in [6, 6.07) is 11.3. The summed E-state index contributed by atoms with van der Waals surface area (Å²) in [7, 11) is 1.50. The number of nitrogens with zero attached hydrogens (tertiary/aromatic N) is 1. The van der Waals surface area contributed by atoms with Crippen molar-refractivity contribution in [3.05, 3.63) is 64.2 Å². The number of imide groups is 1. The third-order valence-corrected chi connectivity index (χ3v) is 5.31. The van der Waals surface area contributed by atoms with Gasteiger partial charge in [-0.1, -0.05) is 30.7 Å². The van der Waals surface area contributed by atoms with Crippen LogP contribution in [-0.2, 0) is 16.9 Å². The highest BCUT2D eigenvalue weighted by atomic mass is 35.5. The standard InChI is InChI=1S/C21H21ClN2O4/c1-4-21(16-6-8-17(22)9-7-16)19(26)24(20(27)23-21)12-15-11-14(13(2)25)5-10-18(15)28-3/h5-11H,4,12H2,1-3H3,(H,23,27)/t21-/m0/s1. The molecule has 0 aromatic heterocycles. The predicted octanol–water partition coefficient (Wildman–Crippen LogP) is 3.91. The molecule has 0 aliphatic carbocycles. The molecule has 28 heavy (non-hydrogen) atoms. The molecule has 1 saturated heterocycles. The Morgan fingerprint density at radius 1 is 1.18 bits per heavy atom. The number of Topliss-reactive ketones (excluding diaryl/α,β-unsaturated/α-hetero) is 1. The molecule has 2 aromatic carbocycles. The molecule has 0 radical (unpaired) electrons. The van der Waals surface area contributed by atoms with Crippen LogP contribution in [0, 0.1) is 0 Å². The van der Waals surface area contributed by atoms with Crippen LogP contribution >= 0.6 is 11.6 Å². The van der Waals surface area contributed by atoms with Gasteiger partial charge in [-0.15, -0.1) is 0 Å². The Balaban J connectivity index is 1.97. The van der Waals surface area contributed by atoms with E-state index < -0.39 is 11.6 Å². The zero-order valence-corrected chi connectivity index (χ0v) is 16.7. The minimum atomic E-state index is -1.15. The molecule has 1 atom stereocenters. The molecule has 0 unspecified atom stereocenters. The van der Waals surface area contributed by atoms with Crippen molar-refractivity contribution in [3.63, 3.8) is 0 Å². The Labute approximate surface area is 168 Å². The van der Waals surface area contributed by atoms with Crippen molar-refractivity contribution in [3.8, 4) is 5.75 Å². The summed E-state index contributed by atoms with van der Waals surface area (Å²) >= 11 is 5.96. The maximum absolute atomic E-state index is 13.3. The zero-order chi connectivity index (χ0) is 20.5. The number of ether oxygens (including phenoxy) is 1. The average molecular weight is 401 g/mol. The minimum Gasteiger partial charge on any atom is -0.496 e. The lowest BCUT2D eigenvalue weighted by atomic mass is 9.87. The average Bonchev–Trinajstić information content (AvgIpc) is 2.93. The van der Waals surface area contributed by atoms with E-state index in [1.807, 2.05) is 6.92 Å². The summed E-state index contributed by atoms with van der Waals surface area (Å²) in [5.41, 5.74) is 0.598. The van der Waals surface area contributed by atoms with Gasteiger partial charge in [0.1, 0.15) is 11.3 Å². The van der Waals surface area contributed by atoms with E-state index in [4.69, 9.17) is 16.3 Å². The fraction of sp³-hybridized carbons (Fsp3) is 0.286. The summed E-state index contributed by atoms with van der Waals surface area (Å²) < 4.78 is 5.34. The van der Waals surface area contributed by atoms with Crippen LogP contribution in [0.1, 0.15) is 41.8 Å². The van der Waals surface area contributed by atoms with Crippen molar-refractivity contribution in [1.82, 2.24) is 10.2 Å². The van der Waals surface area contributed by atoms with Gasteiger partial charge < -0.3 is 10.1 Å². The van der Waals surface area contributed by atoms with Crippen LogP contribution in [0.2, 0.25) is 5.02 Å². The summed E-state index contributed by atoms with van der Waals surface area (Å²) in [6.07, 6.45) is 0.389. The Morgan fingerprint density at radius 3 is 2.43 bits per heavy atom. The van der Waals surface area contributed by atoms with Gasteiger partial charge in [-0.05, 0) is 49.2 Å². The quantitative estimate of drug-likeness (QED) is 0.589. The molecule has 3 amide bonds. The second kappa shape index (κ2) is 7.64. The smallest absolute Gasteiger partial charge is 0.325 e. The van der Waals surface area contributed by atoms with Gasteiger partial charge in [0.05, 0.1) is 13.7 Å². The highest BCUT2D eigenvalue weighted by molar-refractivity contribution is 6.30. The Morgan fingerprint density at radius 2 is 1.86 bits per heavy atom. The largest absolute Gasteiger partial charge is 0.496 e. The molecule has 3 rings (SSSR count). The Bertz CT molecular complexity index is 942. The molecule has 0 saturated carbocycles. The van der Waals surface area contributed by atoms with E-state index in [9.17, 15) is 14.4 Å². The monoisotopic (exact) mass is 400 g/mol. The van der Waals surface area contributed by atoms with E-state index in [0.29, 0.717) is 33.9 Å². The molecule has 6 nitrogen and oxygen atoms in total. The van der Waals surface area contributed by atoms with Gasteiger partial charge in [0.15, 0.2) is 5.78 Å². The number of urea groups is 1. The third-order valence-electron chi connectivity index (χ3n) is 5.06.